The van der Waals surface area contributed by atoms with Gasteiger partial charge in [0.15, 0.2) is 5.69 Å². The van der Waals surface area contributed by atoms with Crippen LogP contribution < -0.4 is 9.64 Å². The third-order valence-electron chi connectivity index (χ3n) is 6.42. The molecule has 1 fully saturated rings. The summed E-state index contributed by atoms with van der Waals surface area (Å²) in [5, 5.41) is 7.46. The number of hydrogen-bond donors (Lipinski definition) is 1. The second-order valence-corrected chi connectivity index (χ2v) is 8.63. The lowest BCUT2D eigenvalue weighted by atomic mass is 9.99. The van der Waals surface area contributed by atoms with E-state index in [1.165, 1.54) is 0 Å². The summed E-state index contributed by atoms with van der Waals surface area (Å²) in [6.45, 7) is 0.698. The van der Waals surface area contributed by atoms with Crippen molar-refractivity contribution in [1.29, 1.82) is 0 Å². The van der Waals surface area contributed by atoms with Gasteiger partial charge in [0, 0.05) is 43.7 Å². The number of aromatic amines is 1. The van der Waals surface area contributed by atoms with E-state index in [0.717, 1.165) is 65.9 Å². The van der Waals surface area contributed by atoms with Crippen molar-refractivity contribution in [3.8, 4) is 16.9 Å². The summed E-state index contributed by atoms with van der Waals surface area (Å²) in [7, 11) is 5.51. The third-order valence-corrected chi connectivity index (χ3v) is 6.42. The van der Waals surface area contributed by atoms with Gasteiger partial charge in [-0.2, -0.15) is 5.10 Å². The lowest BCUT2D eigenvalue weighted by Gasteiger charge is -2.26. The topological polar surface area (TPSA) is 87.2 Å². The number of fused-ring (bicyclic) bond motifs is 1. The van der Waals surface area contributed by atoms with Gasteiger partial charge in [-0.05, 0) is 49.8 Å². The van der Waals surface area contributed by atoms with Gasteiger partial charge in [-0.1, -0.05) is 12.1 Å². The molecule has 32 heavy (non-hydrogen) atoms. The molecule has 8 nitrogen and oxygen atoms in total. The van der Waals surface area contributed by atoms with Gasteiger partial charge < -0.3 is 14.5 Å². The lowest BCUT2D eigenvalue weighted by molar-refractivity contribution is 0.0726. The van der Waals surface area contributed by atoms with E-state index in [4.69, 9.17) is 9.72 Å². The number of aryl methyl sites for hydroxylation is 1. The van der Waals surface area contributed by atoms with Crippen LogP contribution in [-0.2, 0) is 12.8 Å². The molecule has 2 aromatic heterocycles. The fraction of sp³-hybridized carbons (Fsp3) is 0.417. The van der Waals surface area contributed by atoms with Gasteiger partial charge in [0.2, 0.25) is 5.95 Å². The molecule has 1 atom stereocenters. The van der Waals surface area contributed by atoms with Crippen molar-refractivity contribution in [2.45, 2.75) is 38.1 Å². The fourth-order valence-electron chi connectivity index (χ4n) is 4.79. The Morgan fingerprint density at radius 2 is 2.12 bits per heavy atom. The van der Waals surface area contributed by atoms with Crippen LogP contribution in [0.25, 0.3) is 11.1 Å². The quantitative estimate of drug-likeness (QED) is 0.665. The van der Waals surface area contributed by atoms with Crippen LogP contribution in [-0.4, -0.2) is 58.7 Å². The van der Waals surface area contributed by atoms with Crippen LogP contribution in [0.4, 0.5) is 5.95 Å². The van der Waals surface area contributed by atoms with Crippen molar-refractivity contribution < 1.29 is 9.53 Å². The highest BCUT2D eigenvalue weighted by molar-refractivity contribution is 5.94. The van der Waals surface area contributed by atoms with Crippen molar-refractivity contribution in [3.05, 3.63) is 53.1 Å². The monoisotopic (exact) mass is 432 g/mol. The van der Waals surface area contributed by atoms with Crippen LogP contribution in [0.1, 0.15) is 52.7 Å². The molecule has 1 amide bonds. The molecule has 3 heterocycles. The number of anilines is 1. The highest BCUT2D eigenvalue weighted by Crippen LogP contribution is 2.39. The van der Waals surface area contributed by atoms with E-state index in [-0.39, 0.29) is 11.9 Å². The molecular formula is C24H28N6O2. The zero-order valence-electron chi connectivity index (χ0n) is 18.8. The van der Waals surface area contributed by atoms with Crippen LogP contribution in [0.5, 0.6) is 5.75 Å². The molecule has 1 unspecified atom stereocenters. The first-order valence-electron chi connectivity index (χ1n) is 11.1. The van der Waals surface area contributed by atoms with Gasteiger partial charge in [0.1, 0.15) is 5.75 Å². The second-order valence-electron chi connectivity index (χ2n) is 8.63. The predicted molar refractivity (Wildman–Crippen MR) is 122 cm³/mol. The van der Waals surface area contributed by atoms with Gasteiger partial charge in [-0.15, -0.1) is 0 Å². The smallest absolute Gasteiger partial charge is 0.275 e. The van der Waals surface area contributed by atoms with Crippen molar-refractivity contribution in [1.82, 2.24) is 25.1 Å². The molecule has 1 aromatic carbocycles. The first kappa shape index (κ1) is 20.5. The Balaban J connectivity index is 1.57. The normalized spacial score (nSPS) is 17.5. The van der Waals surface area contributed by atoms with Gasteiger partial charge in [-0.25, -0.2) is 9.97 Å². The molecule has 2 aliphatic rings. The maximum absolute atomic E-state index is 13.6. The van der Waals surface area contributed by atoms with Crippen LogP contribution >= 0.6 is 0 Å². The number of methoxy groups -OCH3 is 1. The molecular weight excluding hydrogens is 404 g/mol. The minimum atomic E-state index is -0.126. The maximum Gasteiger partial charge on any atom is 0.275 e. The number of hydrogen-bond acceptors (Lipinski definition) is 6. The first-order valence-corrected chi connectivity index (χ1v) is 11.1. The number of rotatable bonds is 5. The number of carbonyl (C=O) groups is 1. The molecule has 1 saturated heterocycles. The summed E-state index contributed by atoms with van der Waals surface area (Å²) >= 11 is 0. The third kappa shape index (κ3) is 3.49. The standard InChI is InChI=1S/C24H28N6O2/c1-29(2)24-25-14-18(15-7-4-8-16(13-15)32-3)21(26-24)20-11-6-12-30(20)23(31)22-17-9-5-10-19(17)27-28-22/h4,7-8,13-14,20H,5-6,9-12H2,1-3H3,(H,27,28). The summed E-state index contributed by atoms with van der Waals surface area (Å²) < 4.78 is 5.43. The van der Waals surface area contributed by atoms with E-state index in [0.29, 0.717) is 18.2 Å². The van der Waals surface area contributed by atoms with E-state index in [9.17, 15) is 4.79 Å². The summed E-state index contributed by atoms with van der Waals surface area (Å²) in [5.41, 5.74) is 5.55. The number of aromatic nitrogens is 4. The average molecular weight is 433 g/mol. The molecule has 1 aliphatic heterocycles. The lowest BCUT2D eigenvalue weighted by Crippen LogP contribution is -2.32. The van der Waals surface area contributed by atoms with Crippen molar-refractivity contribution in [3.63, 3.8) is 0 Å². The van der Waals surface area contributed by atoms with Crippen LogP contribution in [0.3, 0.4) is 0 Å². The highest BCUT2D eigenvalue weighted by Gasteiger charge is 2.36. The van der Waals surface area contributed by atoms with Gasteiger partial charge >= 0.3 is 0 Å². The summed E-state index contributed by atoms with van der Waals surface area (Å²) in [6.07, 6.45) is 6.61. The molecule has 0 spiro atoms. The molecule has 0 radical (unpaired) electrons. The Morgan fingerprint density at radius 3 is 2.94 bits per heavy atom. The number of nitrogens with one attached hydrogen (secondary N) is 1. The molecule has 0 bridgehead atoms. The Hall–Kier alpha value is -3.42. The van der Waals surface area contributed by atoms with Crippen molar-refractivity contribution >= 4 is 11.9 Å². The summed E-state index contributed by atoms with van der Waals surface area (Å²) in [5.74, 6) is 1.40. The number of ether oxygens (including phenoxy) is 1. The van der Waals surface area contributed by atoms with Crippen LogP contribution in [0, 0.1) is 0 Å². The largest absolute Gasteiger partial charge is 0.497 e. The molecule has 0 saturated carbocycles. The average Bonchev–Trinajstić information content (AvgIpc) is 3.55. The number of benzene rings is 1. The number of likely N-dealkylation sites (tertiary alicyclic amines) is 1. The predicted octanol–water partition coefficient (Wildman–Crippen LogP) is 3.41. The van der Waals surface area contributed by atoms with Crippen LogP contribution in [0.15, 0.2) is 30.5 Å². The Bertz CT molecular complexity index is 1160. The van der Waals surface area contributed by atoms with E-state index < -0.39 is 0 Å². The Labute approximate surface area is 187 Å². The SMILES string of the molecule is COc1cccc(-c2cnc(N(C)C)nc2C2CCCN2C(=O)c2n[nH]c3c2CCC3)c1. The molecule has 5 rings (SSSR count). The zero-order valence-corrected chi connectivity index (χ0v) is 18.8. The van der Waals surface area contributed by atoms with E-state index >= 15 is 0 Å². The molecule has 8 heteroatoms. The van der Waals surface area contributed by atoms with Gasteiger partial charge in [-0.3, -0.25) is 9.89 Å². The summed E-state index contributed by atoms with van der Waals surface area (Å²) in [6, 6.07) is 7.77. The van der Waals surface area contributed by atoms with E-state index in [1.54, 1.807) is 7.11 Å². The molecule has 3 aromatic rings. The molecule has 1 aliphatic carbocycles. The maximum atomic E-state index is 13.6. The van der Waals surface area contributed by atoms with Crippen LogP contribution in [0.2, 0.25) is 0 Å². The Kier molecular flexibility index (Phi) is 5.28. The van der Waals surface area contributed by atoms with Crippen molar-refractivity contribution in [2.75, 3.05) is 32.6 Å². The van der Waals surface area contributed by atoms with Gasteiger partial charge in [0.25, 0.3) is 5.91 Å². The second kappa shape index (κ2) is 8.26. The Morgan fingerprint density at radius 1 is 1.25 bits per heavy atom. The number of amides is 1. The molecule has 166 valence electrons. The number of carbonyl (C=O) groups excluding carboxylic acids is 1. The fourth-order valence-corrected chi connectivity index (χ4v) is 4.79. The van der Waals surface area contributed by atoms with Gasteiger partial charge in [0.05, 0.1) is 18.8 Å². The number of H-pyrrole nitrogens is 1. The van der Waals surface area contributed by atoms with E-state index in [1.807, 2.05) is 54.4 Å². The first-order chi connectivity index (χ1) is 15.6. The zero-order chi connectivity index (χ0) is 22.2. The van der Waals surface area contributed by atoms with E-state index in [2.05, 4.69) is 15.2 Å². The minimum absolute atomic E-state index is 0.00601. The summed E-state index contributed by atoms with van der Waals surface area (Å²) in [4.78, 5) is 26.9. The number of nitrogens with zero attached hydrogens (tertiary/aromatic N) is 5. The molecule has 1 N–H and O–H groups in total. The minimum Gasteiger partial charge on any atom is -0.497 e. The van der Waals surface area contributed by atoms with Crippen molar-refractivity contribution in [2.24, 2.45) is 0 Å². The highest BCUT2D eigenvalue weighted by atomic mass is 16.5.